The molecule has 0 radical (unpaired) electrons. The van der Waals surface area contributed by atoms with Gasteiger partial charge in [0.1, 0.15) is 24.1 Å². The Bertz CT molecular complexity index is 487. The second-order valence-corrected chi connectivity index (χ2v) is 5.46. The maximum absolute atomic E-state index is 11.8. The molecule has 1 aliphatic rings. The van der Waals surface area contributed by atoms with Crippen LogP contribution in [0.3, 0.4) is 0 Å². The van der Waals surface area contributed by atoms with Gasteiger partial charge in [0.25, 0.3) is 0 Å². The van der Waals surface area contributed by atoms with E-state index in [4.69, 9.17) is 9.47 Å². The Morgan fingerprint density at radius 3 is 2.95 bits per heavy atom. The predicted octanol–water partition coefficient (Wildman–Crippen LogP) is 2.00. The van der Waals surface area contributed by atoms with Crippen molar-refractivity contribution in [2.75, 3.05) is 13.7 Å². The number of rotatable bonds is 5. The summed E-state index contributed by atoms with van der Waals surface area (Å²) in [6.45, 7) is 4.58. The van der Waals surface area contributed by atoms with Crippen molar-refractivity contribution < 1.29 is 19.4 Å². The molecule has 2 atom stereocenters. The number of hydrogen-bond donors (Lipinski definition) is 2. The number of nitrogens with one attached hydrogen (secondary N) is 1. The molecule has 2 rings (SSSR count). The lowest BCUT2D eigenvalue weighted by atomic mass is 10.0. The molecule has 0 aromatic heterocycles. The number of ether oxygens (including phenoxy) is 2. The van der Waals surface area contributed by atoms with E-state index in [2.05, 4.69) is 19.2 Å². The number of carbonyl (C=O) groups is 1. The summed E-state index contributed by atoms with van der Waals surface area (Å²) in [5.74, 6) is 0.964. The molecule has 1 aromatic carbocycles. The molecule has 110 valence electrons. The lowest BCUT2D eigenvalue weighted by Crippen LogP contribution is -2.41. The number of fused-ring (bicyclic) bond motifs is 1. The minimum Gasteiger partial charge on any atom is -0.508 e. The maximum atomic E-state index is 11.8. The fourth-order valence-corrected chi connectivity index (χ4v) is 2.43. The lowest BCUT2D eigenvalue weighted by molar-refractivity contribution is -0.143. The predicted molar refractivity (Wildman–Crippen MR) is 74.7 cm³/mol. The molecular weight excluding hydrogens is 258 g/mol. The summed E-state index contributed by atoms with van der Waals surface area (Å²) in [7, 11) is 1.40. The molecule has 1 aliphatic heterocycles. The topological polar surface area (TPSA) is 67.8 Å². The summed E-state index contributed by atoms with van der Waals surface area (Å²) in [6, 6.07) is 4.62. The highest BCUT2D eigenvalue weighted by Gasteiger charge is 2.30. The number of aromatic hydroxyl groups is 1. The zero-order chi connectivity index (χ0) is 14.7. The van der Waals surface area contributed by atoms with Crippen molar-refractivity contribution in [3.63, 3.8) is 0 Å². The van der Waals surface area contributed by atoms with E-state index in [1.54, 1.807) is 12.1 Å². The van der Waals surface area contributed by atoms with Crippen LogP contribution >= 0.6 is 0 Å². The van der Waals surface area contributed by atoms with Gasteiger partial charge < -0.3 is 14.6 Å². The average molecular weight is 279 g/mol. The highest BCUT2D eigenvalue weighted by atomic mass is 16.5. The first-order chi connectivity index (χ1) is 9.51. The van der Waals surface area contributed by atoms with Gasteiger partial charge >= 0.3 is 5.97 Å². The van der Waals surface area contributed by atoms with E-state index in [9.17, 15) is 9.90 Å². The quantitative estimate of drug-likeness (QED) is 0.807. The molecule has 0 saturated carbocycles. The Morgan fingerprint density at radius 1 is 1.55 bits per heavy atom. The summed E-state index contributed by atoms with van der Waals surface area (Å²) in [5, 5.41) is 12.7. The van der Waals surface area contributed by atoms with Crippen LogP contribution in [0.15, 0.2) is 18.2 Å². The Hall–Kier alpha value is -1.75. The average Bonchev–Trinajstić information content (AvgIpc) is 2.78. The van der Waals surface area contributed by atoms with E-state index >= 15 is 0 Å². The standard InChI is InChI=1S/C15H21NO4/c1-9(2)6-12(15(18)19-3)16-13-8-20-14-7-10(17)4-5-11(13)14/h4-5,7,9,12-13,16-17H,6,8H2,1-3H3. The van der Waals surface area contributed by atoms with Gasteiger partial charge in [0.2, 0.25) is 0 Å². The highest BCUT2D eigenvalue weighted by Crippen LogP contribution is 2.35. The number of benzene rings is 1. The van der Waals surface area contributed by atoms with E-state index in [-0.39, 0.29) is 23.8 Å². The summed E-state index contributed by atoms with van der Waals surface area (Å²) in [6.07, 6.45) is 0.705. The second-order valence-electron chi connectivity index (χ2n) is 5.46. The number of phenols is 1. The second kappa shape index (κ2) is 6.13. The highest BCUT2D eigenvalue weighted by molar-refractivity contribution is 5.75. The molecule has 0 bridgehead atoms. The van der Waals surface area contributed by atoms with E-state index in [1.165, 1.54) is 7.11 Å². The molecule has 5 heteroatoms. The third-order valence-corrected chi connectivity index (χ3v) is 3.37. The molecule has 0 amide bonds. The largest absolute Gasteiger partial charge is 0.508 e. The van der Waals surface area contributed by atoms with Crippen LogP contribution in [-0.2, 0) is 9.53 Å². The smallest absolute Gasteiger partial charge is 0.322 e. The van der Waals surface area contributed by atoms with Crippen molar-refractivity contribution in [1.82, 2.24) is 5.32 Å². The number of hydrogen-bond acceptors (Lipinski definition) is 5. The number of esters is 1. The first kappa shape index (κ1) is 14.7. The SMILES string of the molecule is COC(=O)C(CC(C)C)NC1COc2cc(O)ccc21. The molecule has 2 unspecified atom stereocenters. The molecule has 0 spiro atoms. The van der Waals surface area contributed by atoms with Gasteiger partial charge in [-0.3, -0.25) is 10.1 Å². The van der Waals surface area contributed by atoms with Crippen molar-refractivity contribution in [3.05, 3.63) is 23.8 Å². The summed E-state index contributed by atoms with van der Waals surface area (Å²) in [4.78, 5) is 11.8. The van der Waals surface area contributed by atoms with Gasteiger partial charge in [-0.15, -0.1) is 0 Å². The molecule has 1 heterocycles. The summed E-state index contributed by atoms with van der Waals surface area (Å²) >= 11 is 0. The molecule has 20 heavy (non-hydrogen) atoms. The number of methoxy groups -OCH3 is 1. The van der Waals surface area contributed by atoms with Crippen LogP contribution in [-0.4, -0.2) is 30.8 Å². The molecule has 1 aromatic rings. The van der Waals surface area contributed by atoms with E-state index in [1.807, 2.05) is 6.07 Å². The Morgan fingerprint density at radius 2 is 2.30 bits per heavy atom. The van der Waals surface area contributed by atoms with Crippen LogP contribution in [0, 0.1) is 5.92 Å². The third kappa shape index (κ3) is 3.22. The molecule has 2 N–H and O–H groups in total. The van der Waals surface area contributed by atoms with Crippen LogP contribution in [0.25, 0.3) is 0 Å². The van der Waals surface area contributed by atoms with Gasteiger partial charge in [-0.25, -0.2) is 0 Å². The lowest BCUT2D eigenvalue weighted by Gasteiger charge is -2.22. The minimum absolute atomic E-state index is 0.0616. The van der Waals surface area contributed by atoms with Gasteiger partial charge in [0.15, 0.2) is 0 Å². The Kier molecular flexibility index (Phi) is 4.49. The minimum atomic E-state index is -0.353. The Balaban J connectivity index is 2.11. The van der Waals surface area contributed by atoms with Crippen LogP contribution in [0.2, 0.25) is 0 Å². The summed E-state index contributed by atoms with van der Waals surface area (Å²) in [5.41, 5.74) is 0.959. The van der Waals surface area contributed by atoms with Crippen LogP contribution in [0.1, 0.15) is 31.9 Å². The van der Waals surface area contributed by atoms with Crippen LogP contribution in [0.4, 0.5) is 0 Å². The first-order valence-corrected chi connectivity index (χ1v) is 6.81. The zero-order valence-corrected chi connectivity index (χ0v) is 12.1. The zero-order valence-electron chi connectivity index (χ0n) is 12.1. The monoisotopic (exact) mass is 279 g/mol. The van der Waals surface area contributed by atoms with Crippen LogP contribution in [0.5, 0.6) is 11.5 Å². The van der Waals surface area contributed by atoms with Gasteiger partial charge in [-0.05, 0) is 24.5 Å². The van der Waals surface area contributed by atoms with Gasteiger partial charge in [0.05, 0.1) is 13.2 Å². The first-order valence-electron chi connectivity index (χ1n) is 6.81. The van der Waals surface area contributed by atoms with Crippen LogP contribution < -0.4 is 10.1 Å². The molecule has 0 fully saturated rings. The maximum Gasteiger partial charge on any atom is 0.322 e. The van der Waals surface area contributed by atoms with Gasteiger partial charge in [-0.2, -0.15) is 0 Å². The van der Waals surface area contributed by atoms with Crippen molar-refractivity contribution in [2.24, 2.45) is 5.92 Å². The van der Waals surface area contributed by atoms with Crippen molar-refractivity contribution in [1.29, 1.82) is 0 Å². The molecular formula is C15H21NO4. The van der Waals surface area contributed by atoms with Gasteiger partial charge in [-0.1, -0.05) is 13.8 Å². The van der Waals surface area contributed by atoms with Crippen molar-refractivity contribution >= 4 is 5.97 Å². The normalized spacial score (nSPS) is 18.5. The van der Waals surface area contributed by atoms with Gasteiger partial charge in [0, 0.05) is 11.6 Å². The van der Waals surface area contributed by atoms with E-state index in [0.29, 0.717) is 24.7 Å². The summed E-state index contributed by atoms with van der Waals surface area (Å²) < 4.78 is 10.4. The molecule has 5 nitrogen and oxygen atoms in total. The fraction of sp³-hybridized carbons (Fsp3) is 0.533. The van der Waals surface area contributed by atoms with Crippen molar-refractivity contribution in [3.8, 4) is 11.5 Å². The fourth-order valence-electron chi connectivity index (χ4n) is 2.43. The van der Waals surface area contributed by atoms with E-state index in [0.717, 1.165) is 5.56 Å². The number of carbonyl (C=O) groups excluding carboxylic acids is 1. The van der Waals surface area contributed by atoms with Crippen molar-refractivity contribution in [2.45, 2.75) is 32.4 Å². The Labute approximate surface area is 118 Å². The third-order valence-electron chi connectivity index (χ3n) is 3.37. The van der Waals surface area contributed by atoms with E-state index < -0.39 is 0 Å². The molecule has 0 aliphatic carbocycles. The number of phenolic OH excluding ortho intramolecular Hbond substituents is 1. The molecule has 0 saturated heterocycles.